The minimum absolute atomic E-state index is 0.0348. The monoisotopic (exact) mass is 284 g/mol. The molecule has 1 aliphatic rings. The first-order chi connectivity index (χ1) is 10.2. The number of aryl methyl sites for hydroxylation is 1. The largest absolute Gasteiger partial charge is 0.420 e. The highest BCUT2D eigenvalue weighted by Gasteiger charge is 2.35. The molecule has 0 amide bonds. The number of ether oxygens (including phenoxy) is 1. The van der Waals surface area contributed by atoms with Gasteiger partial charge in [-0.15, -0.1) is 5.10 Å². The predicted octanol–water partition coefficient (Wildman–Crippen LogP) is 2.33. The van der Waals surface area contributed by atoms with Crippen LogP contribution in [-0.2, 0) is 6.42 Å². The summed E-state index contributed by atoms with van der Waals surface area (Å²) in [5.41, 5.74) is 7.85. The number of nitrogens with one attached hydrogen (secondary N) is 1. The average molecular weight is 284 g/mol. The van der Waals surface area contributed by atoms with Crippen molar-refractivity contribution in [1.29, 1.82) is 5.26 Å². The molecule has 0 aliphatic carbocycles. The summed E-state index contributed by atoms with van der Waals surface area (Å²) >= 11 is 0. The van der Waals surface area contributed by atoms with Gasteiger partial charge in [0.1, 0.15) is 17.5 Å². The van der Waals surface area contributed by atoms with Gasteiger partial charge in [0.2, 0.25) is 11.8 Å². The van der Waals surface area contributed by atoms with Gasteiger partial charge in [-0.3, -0.25) is 5.10 Å². The van der Waals surface area contributed by atoms with Crippen molar-refractivity contribution in [3.63, 3.8) is 0 Å². The van der Waals surface area contributed by atoms with Gasteiger partial charge in [-0.1, -0.05) is 25.1 Å². The number of aromatic amines is 1. The molecule has 0 unspecified atom stereocenters. The molecular formula is C15H13FN4O. The molecule has 3 rings (SSSR count). The number of benzene rings is 1. The van der Waals surface area contributed by atoms with Gasteiger partial charge >= 0.3 is 0 Å². The van der Waals surface area contributed by atoms with Crippen molar-refractivity contribution in [3.8, 4) is 11.9 Å². The van der Waals surface area contributed by atoms with E-state index in [-0.39, 0.29) is 17.3 Å². The SMILES string of the molecule is CCc1[nH]nc2c1[C@H](c1ccccc1F)C(C#N)=C(N)O2. The average Bonchev–Trinajstić information content (AvgIpc) is 2.89. The number of allylic oxidation sites excluding steroid dienone is 1. The first-order valence-corrected chi connectivity index (χ1v) is 6.56. The number of H-pyrrole nitrogens is 1. The van der Waals surface area contributed by atoms with Crippen molar-refractivity contribution in [2.75, 3.05) is 0 Å². The zero-order valence-corrected chi connectivity index (χ0v) is 11.4. The van der Waals surface area contributed by atoms with Crippen LogP contribution in [0.25, 0.3) is 0 Å². The van der Waals surface area contributed by atoms with Crippen molar-refractivity contribution in [3.05, 3.63) is 58.4 Å². The lowest BCUT2D eigenvalue weighted by molar-refractivity contribution is 0.377. The first-order valence-electron chi connectivity index (χ1n) is 6.56. The Bertz CT molecular complexity index is 772. The van der Waals surface area contributed by atoms with Gasteiger partial charge in [0.15, 0.2) is 0 Å². The summed E-state index contributed by atoms with van der Waals surface area (Å²) in [5, 5.41) is 16.3. The summed E-state index contributed by atoms with van der Waals surface area (Å²) in [6, 6.07) is 8.37. The maximum absolute atomic E-state index is 14.2. The van der Waals surface area contributed by atoms with Gasteiger partial charge in [-0.25, -0.2) is 4.39 Å². The highest BCUT2D eigenvalue weighted by Crippen LogP contribution is 2.43. The molecule has 1 aromatic heterocycles. The Morgan fingerprint density at radius 3 is 2.90 bits per heavy atom. The molecule has 0 radical (unpaired) electrons. The fourth-order valence-electron chi connectivity index (χ4n) is 2.60. The summed E-state index contributed by atoms with van der Waals surface area (Å²) in [5.74, 6) is -0.725. The Morgan fingerprint density at radius 2 is 2.24 bits per heavy atom. The van der Waals surface area contributed by atoms with E-state index in [4.69, 9.17) is 10.5 Å². The molecule has 106 valence electrons. The van der Waals surface area contributed by atoms with Gasteiger partial charge in [-0.05, 0) is 12.5 Å². The molecule has 0 saturated heterocycles. The van der Waals surface area contributed by atoms with Crippen molar-refractivity contribution >= 4 is 0 Å². The van der Waals surface area contributed by atoms with Crippen LogP contribution in [0.4, 0.5) is 4.39 Å². The Balaban J connectivity index is 2.28. The molecule has 0 spiro atoms. The second-order valence-corrected chi connectivity index (χ2v) is 4.72. The molecule has 1 atom stereocenters. The Hall–Kier alpha value is -2.81. The zero-order valence-electron chi connectivity index (χ0n) is 11.4. The van der Waals surface area contributed by atoms with Crippen LogP contribution < -0.4 is 10.5 Å². The maximum atomic E-state index is 14.2. The number of aromatic nitrogens is 2. The molecule has 6 heteroatoms. The number of halogens is 1. The summed E-state index contributed by atoms with van der Waals surface area (Å²) in [7, 11) is 0. The van der Waals surface area contributed by atoms with Crippen molar-refractivity contribution in [2.45, 2.75) is 19.3 Å². The second kappa shape index (κ2) is 4.94. The lowest BCUT2D eigenvalue weighted by Gasteiger charge is -2.24. The normalized spacial score (nSPS) is 17.1. The van der Waals surface area contributed by atoms with Crippen LogP contribution in [0.3, 0.4) is 0 Å². The van der Waals surface area contributed by atoms with E-state index in [9.17, 15) is 9.65 Å². The number of hydrogen-bond donors (Lipinski definition) is 2. The van der Waals surface area contributed by atoms with Crippen LogP contribution in [0.5, 0.6) is 5.88 Å². The van der Waals surface area contributed by atoms with E-state index in [1.807, 2.05) is 13.0 Å². The highest BCUT2D eigenvalue weighted by atomic mass is 19.1. The Morgan fingerprint density at radius 1 is 1.48 bits per heavy atom. The number of rotatable bonds is 2. The molecule has 21 heavy (non-hydrogen) atoms. The summed E-state index contributed by atoms with van der Waals surface area (Å²) in [6.07, 6.45) is 0.662. The van der Waals surface area contributed by atoms with Gasteiger partial charge < -0.3 is 10.5 Å². The fourth-order valence-corrected chi connectivity index (χ4v) is 2.60. The Labute approximate surface area is 120 Å². The smallest absolute Gasteiger partial charge is 0.244 e. The van der Waals surface area contributed by atoms with E-state index < -0.39 is 5.92 Å². The molecule has 0 bridgehead atoms. The molecule has 1 aromatic carbocycles. The number of nitrogens with two attached hydrogens (primary N) is 1. The Kier molecular flexibility index (Phi) is 3.10. The molecule has 0 saturated carbocycles. The lowest BCUT2D eigenvalue weighted by atomic mass is 9.83. The molecule has 3 N–H and O–H groups in total. The zero-order chi connectivity index (χ0) is 15.0. The van der Waals surface area contributed by atoms with Crippen molar-refractivity contribution in [2.24, 2.45) is 5.73 Å². The molecule has 5 nitrogen and oxygen atoms in total. The third kappa shape index (κ3) is 1.94. The number of fused-ring (bicyclic) bond motifs is 1. The first kappa shape index (κ1) is 13.2. The van der Waals surface area contributed by atoms with Gasteiger partial charge in [-0.2, -0.15) is 5.26 Å². The molecule has 1 aliphatic heterocycles. The van der Waals surface area contributed by atoms with E-state index in [1.54, 1.807) is 18.2 Å². The van der Waals surface area contributed by atoms with E-state index >= 15 is 0 Å². The summed E-state index contributed by atoms with van der Waals surface area (Å²) in [4.78, 5) is 0. The van der Waals surface area contributed by atoms with E-state index in [2.05, 4.69) is 10.2 Å². The van der Waals surface area contributed by atoms with Crippen LogP contribution >= 0.6 is 0 Å². The molecule has 2 aromatic rings. The maximum Gasteiger partial charge on any atom is 0.244 e. The minimum atomic E-state index is -0.603. The van der Waals surface area contributed by atoms with Crippen molar-refractivity contribution < 1.29 is 9.13 Å². The fraction of sp³-hybridized carbons (Fsp3) is 0.200. The van der Waals surface area contributed by atoms with E-state index in [1.165, 1.54) is 6.07 Å². The standard InChI is InChI=1S/C15H13FN4O/c1-2-11-13-12(8-5-3-4-6-10(8)16)9(7-17)14(18)21-15(13)20-19-11/h3-6,12H,2,18H2,1H3,(H,19,20)/t12-/m1/s1. The third-order valence-corrected chi connectivity index (χ3v) is 3.59. The van der Waals surface area contributed by atoms with Gasteiger partial charge in [0, 0.05) is 11.3 Å². The summed E-state index contributed by atoms with van der Waals surface area (Å²) < 4.78 is 19.6. The van der Waals surface area contributed by atoms with Crippen LogP contribution in [0.15, 0.2) is 35.7 Å². The lowest BCUT2D eigenvalue weighted by Crippen LogP contribution is -2.21. The topological polar surface area (TPSA) is 87.7 Å². The van der Waals surface area contributed by atoms with Crippen LogP contribution in [0.1, 0.15) is 29.7 Å². The number of hydrogen-bond acceptors (Lipinski definition) is 4. The summed E-state index contributed by atoms with van der Waals surface area (Å²) in [6.45, 7) is 1.94. The van der Waals surface area contributed by atoms with Crippen LogP contribution in [-0.4, -0.2) is 10.2 Å². The molecular weight excluding hydrogens is 271 g/mol. The second-order valence-electron chi connectivity index (χ2n) is 4.72. The number of nitriles is 1. The van der Waals surface area contributed by atoms with E-state index in [0.717, 1.165) is 5.69 Å². The highest BCUT2D eigenvalue weighted by molar-refractivity contribution is 5.55. The minimum Gasteiger partial charge on any atom is -0.420 e. The van der Waals surface area contributed by atoms with Crippen LogP contribution in [0, 0.1) is 17.1 Å². The molecule has 0 fully saturated rings. The third-order valence-electron chi connectivity index (χ3n) is 3.59. The number of nitrogens with zero attached hydrogens (tertiary/aromatic N) is 2. The molecule has 2 heterocycles. The van der Waals surface area contributed by atoms with Gasteiger partial charge in [0.25, 0.3) is 0 Å². The predicted molar refractivity (Wildman–Crippen MR) is 73.7 cm³/mol. The quantitative estimate of drug-likeness (QED) is 0.886. The van der Waals surface area contributed by atoms with E-state index in [0.29, 0.717) is 23.4 Å². The van der Waals surface area contributed by atoms with Crippen molar-refractivity contribution in [1.82, 2.24) is 10.2 Å². The van der Waals surface area contributed by atoms with Gasteiger partial charge in [0.05, 0.1) is 11.5 Å². The van der Waals surface area contributed by atoms with Crippen LogP contribution in [0.2, 0.25) is 0 Å².